The molecule has 0 aliphatic heterocycles. The van der Waals surface area contributed by atoms with E-state index in [1.807, 2.05) is 52.0 Å². The van der Waals surface area contributed by atoms with Crippen LogP contribution in [0.5, 0.6) is 11.5 Å². The maximum Gasteiger partial charge on any atom is 0.407 e. The molecule has 8 heteroatoms. The van der Waals surface area contributed by atoms with Crippen molar-refractivity contribution in [2.45, 2.75) is 66.1 Å². The molecule has 3 aromatic rings. The minimum absolute atomic E-state index is 0.223. The Hall–Kier alpha value is -3.68. The molecule has 0 aliphatic rings. The highest BCUT2D eigenvalue weighted by Gasteiger charge is 2.21. The summed E-state index contributed by atoms with van der Waals surface area (Å²) in [4.78, 5) is 24.0. The average Bonchev–Trinajstić information content (AvgIpc) is 2.93. The smallest absolute Gasteiger partial charge is 0.407 e. The summed E-state index contributed by atoms with van der Waals surface area (Å²) in [6.07, 6.45) is 0.435. The summed E-state index contributed by atoms with van der Waals surface area (Å²) in [5.41, 5.74) is 1.17. The molecule has 2 atom stereocenters. The third kappa shape index (κ3) is 7.21. The zero-order chi connectivity index (χ0) is 27.5. The summed E-state index contributed by atoms with van der Waals surface area (Å²) in [6.45, 7) is 11.2. The Labute approximate surface area is 225 Å². The number of hydrogen-bond acceptors (Lipinski definition) is 6. The molecule has 3 aromatic carbocycles. The highest BCUT2D eigenvalue weighted by atomic mass is 16.6. The van der Waals surface area contributed by atoms with Crippen LogP contribution in [0.25, 0.3) is 21.5 Å². The topological polar surface area (TPSA) is 95.1 Å². The summed E-state index contributed by atoms with van der Waals surface area (Å²) < 4.78 is 23.8. The molecule has 2 amide bonds. The monoisotopic (exact) mass is 524 g/mol. The molecular weight excluding hydrogens is 484 g/mol. The molecular formula is C30H40N2O6. The van der Waals surface area contributed by atoms with Crippen LogP contribution in [0, 0.1) is 0 Å². The number of carbonyl (C=O) groups is 2. The number of ether oxygens (including phenoxy) is 4. The van der Waals surface area contributed by atoms with Gasteiger partial charge < -0.3 is 29.6 Å². The molecule has 0 bridgehead atoms. The maximum absolute atomic E-state index is 12.0. The van der Waals surface area contributed by atoms with Crippen molar-refractivity contribution < 1.29 is 28.5 Å². The molecule has 2 unspecified atom stereocenters. The lowest BCUT2D eigenvalue weighted by molar-refractivity contribution is 0.0631. The van der Waals surface area contributed by atoms with E-state index in [2.05, 4.69) is 35.8 Å². The first-order chi connectivity index (χ1) is 18.4. The number of alkyl carbamates (subject to hydrolysis) is 2. The fourth-order valence-electron chi connectivity index (χ4n) is 4.18. The third-order valence-corrected chi connectivity index (χ3v) is 6.33. The van der Waals surface area contributed by atoms with Crippen molar-refractivity contribution in [2.24, 2.45) is 0 Å². The Bertz CT molecular complexity index is 1230. The summed E-state index contributed by atoms with van der Waals surface area (Å²) >= 11 is 0. The van der Waals surface area contributed by atoms with E-state index in [4.69, 9.17) is 18.9 Å². The number of amides is 2. The van der Waals surface area contributed by atoms with Gasteiger partial charge in [-0.15, -0.1) is 0 Å². The van der Waals surface area contributed by atoms with E-state index in [1.54, 1.807) is 0 Å². The molecule has 0 heterocycles. The van der Waals surface area contributed by atoms with E-state index in [1.165, 1.54) is 5.56 Å². The Balaban J connectivity index is 2.00. The first-order valence-corrected chi connectivity index (χ1v) is 13.6. The Morgan fingerprint density at radius 3 is 1.61 bits per heavy atom. The zero-order valence-electron chi connectivity index (χ0n) is 23.1. The lowest BCUT2D eigenvalue weighted by Crippen LogP contribution is -2.31. The summed E-state index contributed by atoms with van der Waals surface area (Å²) in [6, 6.07) is 14.2. The number of carbonyl (C=O) groups excluding carboxylic acids is 2. The molecule has 0 radical (unpaired) electrons. The molecule has 8 nitrogen and oxygen atoms in total. The van der Waals surface area contributed by atoms with Gasteiger partial charge in [-0.1, -0.05) is 57.2 Å². The Kier molecular flexibility index (Phi) is 10.9. The van der Waals surface area contributed by atoms with Crippen LogP contribution < -0.4 is 20.1 Å². The predicted octanol–water partition coefficient (Wildman–Crippen LogP) is 6.36. The van der Waals surface area contributed by atoms with E-state index in [9.17, 15) is 9.59 Å². The highest BCUT2D eigenvalue weighted by molar-refractivity contribution is 6.11. The maximum atomic E-state index is 12.0. The van der Waals surface area contributed by atoms with Gasteiger partial charge in [0, 0.05) is 34.6 Å². The van der Waals surface area contributed by atoms with Crippen LogP contribution >= 0.6 is 0 Å². The number of nitrogens with one attached hydrogen (secondary N) is 2. The first-order valence-electron chi connectivity index (χ1n) is 13.6. The van der Waals surface area contributed by atoms with Gasteiger partial charge in [0.1, 0.15) is 36.9 Å². The first kappa shape index (κ1) is 28.9. The number of fused-ring (bicyclic) bond motifs is 2. The molecule has 0 saturated carbocycles. The minimum Gasteiger partial charge on any atom is -0.488 e. The van der Waals surface area contributed by atoms with Gasteiger partial charge in [-0.3, -0.25) is 0 Å². The van der Waals surface area contributed by atoms with Gasteiger partial charge >= 0.3 is 12.2 Å². The third-order valence-electron chi connectivity index (χ3n) is 6.33. The fourth-order valence-corrected chi connectivity index (χ4v) is 4.18. The normalized spacial score (nSPS) is 12.6. The molecule has 0 fully saturated rings. The molecule has 206 valence electrons. The summed E-state index contributed by atoms with van der Waals surface area (Å²) in [7, 11) is 0. The van der Waals surface area contributed by atoms with Crippen molar-refractivity contribution in [1.82, 2.24) is 10.6 Å². The van der Waals surface area contributed by atoms with Gasteiger partial charge in [0.25, 0.3) is 0 Å². The Morgan fingerprint density at radius 2 is 1.16 bits per heavy atom. The van der Waals surface area contributed by atoms with Crippen molar-refractivity contribution in [3.63, 3.8) is 0 Å². The highest BCUT2D eigenvalue weighted by Crippen LogP contribution is 2.43. The van der Waals surface area contributed by atoms with Crippen LogP contribution in [0.1, 0.15) is 53.0 Å². The van der Waals surface area contributed by atoms with Crippen LogP contribution in [0.15, 0.2) is 42.5 Å². The van der Waals surface area contributed by atoms with Crippen LogP contribution in [-0.2, 0) is 15.9 Å². The second kappa shape index (κ2) is 14.3. The van der Waals surface area contributed by atoms with Crippen molar-refractivity contribution in [3.8, 4) is 11.5 Å². The van der Waals surface area contributed by atoms with Crippen LogP contribution in [0.2, 0.25) is 0 Å². The van der Waals surface area contributed by atoms with Crippen LogP contribution in [0.3, 0.4) is 0 Å². The Morgan fingerprint density at radius 1 is 0.684 bits per heavy atom. The van der Waals surface area contributed by atoms with Gasteiger partial charge in [0.05, 0.1) is 0 Å². The number of aryl methyl sites for hydroxylation is 1. The van der Waals surface area contributed by atoms with Gasteiger partial charge in [-0.2, -0.15) is 0 Å². The predicted molar refractivity (Wildman–Crippen MR) is 150 cm³/mol. The van der Waals surface area contributed by atoms with E-state index in [0.29, 0.717) is 31.7 Å². The van der Waals surface area contributed by atoms with E-state index in [0.717, 1.165) is 33.7 Å². The van der Waals surface area contributed by atoms with Crippen LogP contribution in [-0.4, -0.2) is 50.7 Å². The molecule has 0 aromatic heterocycles. The van der Waals surface area contributed by atoms with Crippen LogP contribution in [0.4, 0.5) is 9.59 Å². The molecule has 0 spiro atoms. The van der Waals surface area contributed by atoms with Crippen molar-refractivity contribution in [1.29, 1.82) is 0 Å². The second-order valence-electron chi connectivity index (χ2n) is 8.99. The average molecular weight is 525 g/mol. The summed E-state index contributed by atoms with van der Waals surface area (Å²) in [5.74, 6) is 1.44. The fraction of sp³-hybridized carbons (Fsp3) is 0.467. The largest absolute Gasteiger partial charge is 0.488 e. The van der Waals surface area contributed by atoms with Crippen molar-refractivity contribution >= 4 is 33.7 Å². The molecule has 0 aliphatic carbocycles. The molecule has 38 heavy (non-hydrogen) atoms. The SMILES string of the molecule is CCNC(=O)OC(CC)COc1c2ccccc2c(OCC(CC)OC(=O)NCC)c2cc(CC)ccc12. The molecule has 0 saturated heterocycles. The minimum atomic E-state index is -0.450. The zero-order valence-corrected chi connectivity index (χ0v) is 23.1. The molecule has 3 rings (SSSR count). The van der Waals surface area contributed by atoms with Gasteiger partial charge in [0.2, 0.25) is 0 Å². The molecule has 2 N–H and O–H groups in total. The van der Waals surface area contributed by atoms with Crippen molar-refractivity contribution in [2.75, 3.05) is 26.3 Å². The number of benzene rings is 3. The number of hydrogen-bond donors (Lipinski definition) is 2. The summed E-state index contributed by atoms with van der Waals surface area (Å²) in [5, 5.41) is 8.95. The second-order valence-corrected chi connectivity index (χ2v) is 8.99. The standard InChI is InChI=1S/C30H40N2O6/c1-6-20-15-16-25-26(17-20)28(36-19-22(8-3)38-30(34)32-10-5)24-14-12-11-13-23(24)27(25)35-18-21(7-2)37-29(33)31-9-4/h11-17,21-22H,6-10,18-19H2,1-5H3,(H,31,33)(H,32,34). The van der Waals surface area contributed by atoms with E-state index in [-0.39, 0.29) is 13.2 Å². The van der Waals surface area contributed by atoms with E-state index >= 15 is 0 Å². The van der Waals surface area contributed by atoms with Gasteiger partial charge in [0.15, 0.2) is 0 Å². The lowest BCUT2D eigenvalue weighted by atomic mass is 9.98. The number of rotatable bonds is 13. The van der Waals surface area contributed by atoms with Gasteiger partial charge in [-0.25, -0.2) is 9.59 Å². The van der Waals surface area contributed by atoms with Gasteiger partial charge in [-0.05, 0) is 44.7 Å². The quantitative estimate of drug-likeness (QED) is 0.253. The van der Waals surface area contributed by atoms with E-state index < -0.39 is 24.4 Å². The van der Waals surface area contributed by atoms with Crippen molar-refractivity contribution in [3.05, 3.63) is 48.0 Å². The lowest BCUT2D eigenvalue weighted by Gasteiger charge is -2.22.